The van der Waals surface area contributed by atoms with E-state index in [4.69, 9.17) is 0 Å². The van der Waals surface area contributed by atoms with Gasteiger partial charge in [-0.05, 0) is 24.7 Å². The minimum atomic E-state index is -4.36. The standard InChI is InChI=1S/C13H14F3N3S/c1-17-8-9-3-4-10(7-11(9)13(14,15)16)20-12-18-5-6-19(12)2/h3-7,17H,8H2,1-2H3. The summed E-state index contributed by atoms with van der Waals surface area (Å²) in [5.41, 5.74) is -0.366. The van der Waals surface area contributed by atoms with E-state index in [0.717, 1.165) is 0 Å². The first-order chi connectivity index (χ1) is 9.41. The monoisotopic (exact) mass is 301 g/mol. The van der Waals surface area contributed by atoms with Gasteiger partial charge in [0, 0.05) is 30.9 Å². The van der Waals surface area contributed by atoms with Crippen LogP contribution in [0.1, 0.15) is 11.1 Å². The van der Waals surface area contributed by atoms with Crippen LogP contribution in [0.5, 0.6) is 0 Å². The maximum absolute atomic E-state index is 13.1. The van der Waals surface area contributed by atoms with E-state index in [1.807, 2.05) is 0 Å². The van der Waals surface area contributed by atoms with Crippen molar-refractivity contribution in [2.45, 2.75) is 22.8 Å². The fourth-order valence-corrected chi connectivity index (χ4v) is 2.63. The van der Waals surface area contributed by atoms with E-state index in [9.17, 15) is 13.2 Å². The van der Waals surface area contributed by atoms with Crippen LogP contribution in [0.2, 0.25) is 0 Å². The van der Waals surface area contributed by atoms with Crippen LogP contribution in [0.3, 0.4) is 0 Å². The van der Waals surface area contributed by atoms with Crippen molar-refractivity contribution in [2.75, 3.05) is 7.05 Å². The molecule has 2 aromatic rings. The summed E-state index contributed by atoms with van der Waals surface area (Å²) in [4.78, 5) is 4.61. The van der Waals surface area contributed by atoms with Crippen LogP contribution < -0.4 is 5.32 Å². The van der Waals surface area contributed by atoms with Crippen molar-refractivity contribution in [1.82, 2.24) is 14.9 Å². The number of hydrogen-bond acceptors (Lipinski definition) is 3. The third kappa shape index (κ3) is 3.34. The minimum absolute atomic E-state index is 0.183. The van der Waals surface area contributed by atoms with E-state index in [0.29, 0.717) is 10.1 Å². The number of aromatic nitrogens is 2. The number of benzene rings is 1. The second kappa shape index (κ2) is 5.88. The molecule has 1 aromatic carbocycles. The fraction of sp³-hybridized carbons (Fsp3) is 0.308. The minimum Gasteiger partial charge on any atom is -0.329 e. The molecule has 3 nitrogen and oxygen atoms in total. The highest BCUT2D eigenvalue weighted by molar-refractivity contribution is 7.99. The molecule has 1 aromatic heterocycles. The smallest absolute Gasteiger partial charge is 0.329 e. The zero-order chi connectivity index (χ0) is 14.8. The van der Waals surface area contributed by atoms with Gasteiger partial charge >= 0.3 is 6.18 Å². The molecule has 0 aliphatic carbocycles. The molecule has 0 saturated heterocycles. The van der Waals surface area contributed by atoms with E-state index in [2.05, 4.69) is 10.3 Å². The SMILES string of the molecule is CNCc1ccc(Sc2nccn2C)cc1C(F)(F)F. The van der Waals surface area contributed by atoms with Gasteiger partial charge in [-0.3, -0.25) is 0 Å². The summed E-state index contributed by atoms with van der Waals surface area (Å²) in [6.07, 6.45) is -0.991. The third-order valence-corrected chi connectivity index (χ3v) is 3.81. The Morgan fingerprint density at radius 1 is 1.35 bits per heavy atom. The number of nitrogens with zero attached hydrogens (tertiary/aromatic N) is 2. The number of alkyl halides is 3. The number of halogens is 3. The number of hydrogen-bond donors (Lipinski definition) is 1. The van der Waals surface area contributed by atoms with Gasteiger partial charge in [0.1, 0.15) is 0 Å². The van der Waals surface area contributed by atoms with Gasteiger partial charge in [-0.15, -0.1) is 0 Å². The molecular formula is C13H14F3N3S. The molecule has 0 unspecified atom stereocenters. The summed E-state index contributed by atoms with van der Waals surface area (Å²) in [7, 11) is 3.42. The van der Waals surface area contributed by atoms with Gasteiger partial charge < -0.3 is 9.88 Å². The summed E-state index contributed by atoms with van der Waals surface area (Å²) in [6, 6.07) is 4.36. The summed E-state index contributed by atoms with van der Waals surface area (Å²) in [5.74, 6) is 0. The molecule has 0 aliphatic heterocycles. The Kier molecular flexibility index (Phi) is 4.39. The number of rotatable bonds is 4. The average molecular weight is 301 g/mol. The third-order valence-electron chi connectivity index (χ3n) is 2.74. The van der Waals surface area contributed by atoms with Crippen LogP contribution in [0, 0.1) is 0 Å². The number of nitrogens with one attached hydrogen (secondary N) is 1. The fourth-order valence-electron chi connectivity index (χ4n) is 1.78. The highest BCUT2D eigenvalue weighted by Gasteiger charge is 2.33. The van der Waals surface area contributed by atoms with Crippen molar-refractivity contribution in [1.29, 1.82) is 0 Å². The lowest BCUT2D eigenvalue weighted by Gasteiger charge is -2.14. The first kappa shape index (κ1) is 14.9. The van der Waals surface area contributed by atoms with Crippen LogP contribution in [0.4, 0.5) is 13.2 Å². The second-order valence-corrected chi connectivity index (χ2v) is 5.31. The zero-order valence-electron chi connectivity index (χ0n) is 11.0. The van der Waals surface area contributed by atoms with Crippen molar-refractivity contribution in [3.8, 4) is 0 Å². The first-order valence-electron chi connectivity index (χ1n) is 5.91. The highest BCUT2D eigenvalue weighted by Crippen LogP contribution is 2.36. The Bertz CT molecular complexity index is 593. The molecule has 7 heteroatoms. The molecule has 0 aliphatic rings. The van der Waals surface area contributed by atoms with E-state index >= 15 is 0 Å². The molecule has 20 heavy (non-hydrogen) atoms. The van der Waals surface area contributed by atoms with Crippen molar-refractivity contribution in [3.63, 3.8) is 0 Å². The molecule has 0 fully saturated rings. The summed E-state index contributed by atoms with van der Waals surface area (Å²) < 4.78 is 40.9. The van der Waals surface area contributed by atoms with Gasteiger partial charge in [0.05, 0.1) is 5.56 Å². The Morgan fingerprint density at radius 3 is 2.65 bits per heavy atom. The van der Waals surface area contributed by atoms with Crippen molar-refractivity contribution in [2.24, 2.45) is 7.05 Å². The second-order valence-electron chi connectivity index (χ2n) is 4.27. The van der Waals surface area contributed by atoms with E-state index in [-0.39, 0.29) is 12.1 Å². The first-order valence-corrected chi connectivity index (χ1v) is 6.73. The van der Waals surface area contributed by atoms with Gasteiger partial charge in [-0.2, -0.15) is 13.2 Å². The molecule has 1 N–H and O–H groups in total. The molecular weight excluding hydrogens is 287 g/mol. The molecule has 108 valence electrons. The lowest BCUT2D eigenvalue weighted by atomic mass is 10.1. The molecule has 0 bridgehead atoms. The van der Waals surface area contributed by atoms with Crippen LogP contribution >= 0.6 is 11.8 Å². The van der Waals surface area contributed by atoms with E-state index in [1.54, 1.807) is 37.1 Å². The molecule has 0 spiro atoms. The predicted octanol–water partition coefficient (Wildman–Crippen LogP) is 3.31. The lowest BCUT2D eigenvalue weighted by molar-refractivity contribution is -0.138. The highest BCUT2D eigenvalue weighted by atomic mass is 32.2. The average Bonchev–Trinajstić information content (AvgIpc) is 2.76. The Morgan fingerprint density at radius 2 is 2.10 bits per heavy atom. The summed E-state index contributed by atoms with van der Waals surface area (Å²) in [5, 5.41) is 3.40. The largest absolute Gasteiger partial charge is 0.416 e. The molecule has 0 amide bonds. The molecule has 1 heterocycles. The maximum Gasteiger partial charge on any atom is 0.416 e. The molecule has 0 radical (unpaired) electrons. The molecule has 2 rings (SSSR count). The normalized spacial score (nSPS) is 11.8. The van der Waals surface area contributed by atoms with Gasteiger partial charge in [0.25, 0.3) is 0 Å². The summed E-state index contributed by atoms with van der Waals surface area (Å²) in [6.45, 7) is 0.183. The van der Waals surface area contributed by atoms with Crippen LogP contribution in [-0.4, -0.2) is 16.6 Å². The van der Waals surface area contributed by atoms with Crippen LogP contribution in [0.25, 0.3) is 0 Å². The van der Waals surface area contributed by atoms with Crippen LogP contribution in [0.15, 0.2) is 40.6 Å². The van der Waals surface area contributed by atoms with Gasteiger partial charge in [-0.1, -0.05) is 17.8 Å². The van der Waals surface area contributed by atoms with Crippen molar-refractivity contribution < 1.29 is 13.2 Å². The summed E-state index contributed by atoms with van der Waals surface area (Å²) >= 11 is 1.21. The predicted molar refractivity (Wildman–Crippen MR) is 71.5 cm³/mol. The zero-order valence-corrected chi connectivity index (χ0v) is 11.8. The van der Waals surface area contributed by atoms with Crippen molar-refractivity contribution in [3.05, 3.63) is 41.7 Å². The van der Waals surface area contributed by atoms with E-state index in [1.165, 1.54) is 23.9 Å². The number of imidazole rings is 1. The maximum atomic E-state index is 13.1. The van der Waals surface area contributed by atoms with Gasteiger partial charge in [-0.25, -0.2) is 4.98 Å². The van der Waals surface area contributed by atoms with Crippen molar-refractivity contribution >= 4 is 11.8 Å². The number of aryl methyl sites for hydroxylation is 1. The Labute approximate surface area is 119 Å². The molecule has 0 saturated carbocycles. The van der Waals surface area contributed by atoms with Gasteiger partial charge in [0.2, 0.25) is 0 Å². The quantitative estimate of drug-likeness (QED) is 0.939. The topological polar surface area (TPSA) is 29.9 Å². The lowest BCUT2D eigenvalue weighted by Crippen LogP contribution is -2.14. The molecule has 0 atom stereocenters. The van der Waals surface area contributed by atoms with Crippen LogP contribution in [-0.2, 0) is 19.8 Å². The van der Waals surface area contributed by atoms with E-state index < -0.39 is 11.7 Å². The van der Waals surface area contributed by atoms with Gasteiger partial charge in [0.15, 0.2) is 5.16 Å². The Balaban J connectivity index is 2.34. The Hall–Kier alpha value is -1.47.